The number of carbonyl (C=O) groups is 3. The van der Waals surface area contributed by atoms with Gasteiger partial charge in [-0.15, -0.1) is 0 Å². The number of ether oxygens (including phenoxy) is 1. The molecule has 1 unspecified atom stereocenters. The van der Waals surface area contributed by atoms with Crippen molar-refractivity contribution in [1.29, 1.82) is 5.26 Å². The standard InChI is InChI=1S/C34H40F2N2O7S2/c1-6-38(7-2)47(43,44)23-10-8-21(9-11-23)29(41)45-34(30(42)46-15-14-37)20(3)16-24-25-18-27(35)26-17-22(39)12-13-31(26,4)33(25,36)28(40)19-32(24,34)5/h8-13,17,20,24-25,27-28,40H,6-7,15-16,18-19H2,1-5H3/t20?,24-,25-,27-,28-,31-,32-,33-,34-/m0/s1. The number of aliphatic hydroxyl groups is 1. The summed E-state index contributed by atoms with van der Waals surface area (Å²) in [5.74, 6) is -4.19. The van der Waals surface area contributed by atoms with Gasteiger partial charge in [-0.1, -0.05) is 45.5 Å². The van der Waals surface area contributed by atoms with E-state index in [-0.39, 0.29) is 54.1 Å². The Labute approximate surface area is 278 Å². The van der Waals surface area contributed by atoms with Crippen LogP contribution in [0.3, 0.4) is 0 Å². The van der Waals surface area contributed by atoms with Crippen LogP contribution in [0.25, 0.3) is 0 Å². The zero-order chi connectivity index (χ0) is 34.7. The van der Waals surface area contributed by atoms with E-state index < -0.39 is 79.0 Å². The van der Waals surface area contributed by atoms with Crippen LogP contribution in [0.15, 0.2) is 53.0 Å². The first-order valence-corrected chi connectivity index (χ1v) is 18.3. The molecule has 0 amide bonds. The van der Waals surface area contributed by atoms with Crippen LogP contribution in [0.4, 0.5) is 8.78 Å². The monoisotopic (exact) mass is 690 g/mol. The molecule has 0 aromatic heterocycles. The maximum Gasteiger partial charge on any atom is 0.339 e. The Morgan fingerprint density at radius 2 is 1.79 bits per heavy atom. The number of aliphatic hydroxyl groups excluding tert-OH is 1. The number of hydrogen-bond acceptors (Lipinski definition) is 9. The molecule has 0 radical (unpaired) electrons. The smallest absolute Gasteiger partial charge is 0.339 e. The van der Waals surface area contributed by atoms with Crippen LogP contribution in [0.1, 0.15) is 64.2 Å². The molecule has 1 N–H and O–H groups in total. The highest BCUT2D eigenvalue weighted by molar-refractivity contribution is 8.14. The van der Waals surface area contributed by atoms with Crippen LogP contribution in [-0.2, 0) is 24.3 Å². The number of sulfonamides is 1. The molecular formula is C34H40F2N2O7S2. The first-order chi connectivity index (χ1) is 22.0. The fraction of sp³-hybridized carbons (Fsp3) is 0.588. The van der Waals surface area contributed by atoms with Crippen LogP contribution in [0.2, 0.25) is 0 Å². The van der Waals surface area contributed by atoms with E-state index >= 15 is 8.78 Å². The highest BCUT2D eigenvalue weighted by Gasteiger charge is 2.78. The largest absolute Gasteiger partial charge is 0.446 e. The summed E-state index contributed by atoms with van der Waals surface area (Å²) in [6.07, 6.45) is -0.277. The van der Waals surface area contributed by atoms with Crippen molar-refractivity contribution < 1.29 is 41.4 Å². The molecule has 1 aromatic rings. The maximum atomic E-state index is 17.7. The molecule has 3 saturated carbocycles. The summed E-state index contributed by atoms with van der Waals surface area (Å²) in [4.78, 5) is 40.2. The number of allylic oxidation sites excluding steroid dienone is 4. The van der Waals surface area contributed by atoms with Crippen LogP contribution in [0.5, 0.6) is 0 Å². The lowest BCUT2D eigenvalue weighted by molar-refractivity contribution is -0.221. The summed E-state index contributed by atoms with van der Waals surface area (Å²) in [7, 11) is -3.81. The number of nitrogens with zero attached hydrogens (tertiary/aromatic N) is 2. The van der Waals surface area contributed by atoms with Gasteiger partial charge in [-0.3, -0.25) is 9.59 Å². The minimum absolute atomic E-state index is 0.0254. The summed E-state index contributed by atoms with van der Waals surface area (Å²) in [6.45, 7) is 8.76. The van der Waals surface area contributed by atoms with Gasteiger partial charge in [0.1, 0.15) is 6.17 Å². The van der Waals surface area contributed by atoms with E-state index in [1.807, 2.05) is 6.07 Å². The molecule has 5 rings (SSSR count). The van der Waals surface area contributed by atoms with Crippen LogP contribution < -0.4 is 0 Å². The van der Waals surface area contributed by atoms with E-state index in [4.69, 9.17) is 4.74 Å². The van der Waals surface area contributed by atoms with Crippen molar-refractivity contribution in [2.45, 2.75) is 82.3 Å². The van der Waals surface area contributed by atoms with Crippen LogP contribution in [0, 0.1) is 39.9 Å². The Bertz CT molecular complexity index is 1690. The van der Waals surface area contributed by atoms with Crippen LogP contribution in [-0.4, -0.2) is 77.1 Å². The molecule has 0 heterocycles. The third kappa shape index (κ3) is 4.96. The first kappa shape index (κ1) is 35.4. The molecule has 254 valence electrons. The minimum Gasteiger partial charge on any atom is -0.446 e. The van der Waals surface area contributed by atoms with Crippen LogP contribution >= 0.6 is 11.8 Å². The fourth-order valence-electron chi connectivity index (χ4n) is 9.10. The Kier molecular flexibility index (Phi) is 9.18. The third-order valence-corrected chi connectivity index (χ3v) is 14.3. The zero-order valence-corrected chi connectivity index (χ0v) is 28.7. The number of ketones is 1. The number of esters is 1. The van der Waals surface area contributed by atoms with Gasteiger partial charge in [0.25, 0.3) is 0 Å². The summed E-state index contributed by atoms with van der Waals surface area (Å²) in [5.41, 5.74) is -7.39. The maximum absolute atomic E-state index is 17.7. The molecule has 4 aliphatic rings. The lowest BCUT2D eigenvalue weighted by Crippen LogP contribution is -2.70. The topological polar surface area (TPSA) is 142 Å². The van der Waals surface area contributed by atoms with E-state index in [0.29, 0.717) is 11.8 Å². The number of nitriles is 1. The van der Waals surface area contributed by atoms with Gasteiger partial charge in [-0.2, -0.15) is 9.57 Å². The van der Waals surface area contributed by atoms with Gasteiger partial charge < -0.3 is 9.84 Å². The van der Waals surface area contributed by atoms with E-state index in [2.05, 4.69) is 0 Å². The zero-order valence-electron chi connectivity index (χ0n) is 27.0. The summed E-state index contributed by atoms with van der Waals surface area (Å²) < 4.78 is 67.0. The number of fused-ring (bicyclic) bond motifs is 5. The second-order valence-corrected chi connectivity index (χ2v) is 16.4. The molecule has 3 fully saturated rings. The van der Waals surface area contributed by atoms with Gasteiger partial charge in [-0.05, 0) is 74.1 Å². The molecule has 0 aliphatic heterocycles. The predicted molar refractivity (Wildman–Crippen MR) is 171 cm³/mol. The third-order valence-electron chi connectivity index (χ3n) is 11.4. The van der Waals surface area contributed by atoms with Crippen molar-refractivity contribution in [3.63, 3.8) is 0 Å². The van der Waals surface area contributed by atoms with Crippen molar-refractivity contribution in [2.75, 3.05) is 18.8 Å². The minimum atomic E-state index is -3.81. The van der Waals surface area contributed by atoms with E-state index in [0.717, 1.165) is 6.08 Å². The average molecular weight is 691 g/mol. The number of rotatable bonds is 8. The number of halogens is 2. The second kappa shape index (κ2) is 12.2. The van der Waals surface area contributed by atoms with Crippen molar-refractivity contribution in [2.24, 2.45) is 28.6 Å². The molecule has 4 aliphatic carbocycles. The summed E-state index contributed by atoms with van der Waals surface area (Å²) >= 11 is 0.660. The number of hydrogen-bond donors (Lipinski definition) is 1. The summed E-state index contributed by atoms with van der Waals surface area (Å²) in [5, 5.41) is 20.4. The quantitative estimate of drug-likeness (QED) is 0.375. The second-order valence-electron chi connectivity index (χ2n) is 13.5. The predicted octanol–water partition coefficient (Wildman–Crippen LogP) is 4.96. The Morgan fingerprint density at radius 3 is 2.38 bits per heavy atom. The lowest BCUT2D eigenvalue weighted by atomic mass is 9.44. The van der Waals surface area contributed by atoms with Gasteiger partial charge >= 0.3 is 5.97 Å². The number of thioether (sulfide) groups is 1. The molecule has 0 bridgehead atoms. The average Bonchev–Trinajstić information content (AvgIpc) is 3.24. The molecule has 9 nitrogen and oxygen atoms in total. The van der Waals surface area contributed by atoms with Gasteiger partial charge in [0.2, 0.25) is 15.1 Å². The SMILES string of the molecule is CCN(CC)S(=O)(=O)c1ccc(C(=O)O[C@]2(C(=O)SCC#N)C(C)C[C@H]3[C@@H]4C[C@H](F)C5=CC(=O)C=C[C@]5(C)[C@@]4(F)[C@@H](O)C[C@@]32C)cc1. The first-order valence-electron chi connectivity index (χ1n) is 15.8. The normalized spacial score (nSPS) is 37.7. The van der Waals surface area contributed by atoms with Gasteiger partial charge in [0, 0.05) is 35.8 Å². The molecule has 1 aromatic carbocycles. The van der Waals surface area contributed by atoms with Gasteiger partial charge in [-0.25, -0.2) is 22.0 Å². The Morgan fingerprint density at radius 1 is 1.15 bits per heavy atom. The highest BCUT2D eigenvalue weighted by Crippen LogP contribution is 2.72. The van der Waals surface area contributed by atoms with Gasteiger partial charge in [0.05, 0.1) is 28.4 Å². The molecule has 0 spiro atoms. The van der Waals surface area contributed by atoms with E-state index in [1.54, 1.807) is 27.7 Å². The molecule has 13 heteroatoms. The Hall–Kier alpha value is -2.92. The van der Waals surface area contributed by atoms with Crippen molar-refractivity contribution in [1.82, 2.24) is 4.31 Å². The molecular weight excluding hydrogens is 651 g/mol. The lowest BCUT2D eigenvalue weighted by Gasteiger charge is -2.63. The molecule has 0 saturated heterocycles. The van der Waals surface area contributed by atoms with E-state index in [1.165, 1.54) is 47.6 Å². The van der Waals surface area contributed by atoms with Crippen molar-refractivity contribution in [3.8, 4) is 6.07 Å². The molecule has 47 heavy (non-hydrogen) atoms. The Balaban J connectivity index is 1.56. The summed E-state index contributed by atoms with van der Waals surface area (Å²) in [6, 6.07) is 7.06. The van der Waals surface area contributed by atoms with Gasteiger partial charge in [0.15, 0.2) is 17.1 Å². The molecule has 9 atom stereocenters. The fourth-order valence-corrected chi connectivity index (χ4v) is 11.4. The highest BCUT2D eigenvalue weighted by atomic mass is 32.2. The van der Waals surface area contributed by atoms with Crippen molar-refractivity contribution >= 4 is 38.7 Å². The van der Waals surface area contributed by atoms with Crippen molar-refractivity contribution in [3.05, 3.63) is 53.6 Å². The number of carbonyl (C=O) groups excluding carboxylic acids is 3. The number of benzene rings is 1. The number of alkyl halides is 2. The van der Waals surface area contributed by atoms with E-state index in [9.17, 15) is 33.2 Å².